The normalized spacial score (nSPS) is 10.9. The van der Waals surface area contributed by atoms with Crippen LogP contribution < -0.4 is 4.90 Å². The summed E-state index contributed by atoms with van der Waals surface area (Å²) >= 11 is 3.48. The zero-order chi connectivity index (χ0) is 12.1. The number of anilines is 1. The molecule has 0 aliphatic heterocycles. The van der Waals surface area contributed by atoms with Gasteiger partial charge in [-0.1, -0.05) is 35.8 Å². The summed E-state index contributed by atoms with van der Waals surface area (Å²) in [5.74, 6) is 0. The van der Waals surface area contributed by atoms with Crippen molar-refractivity contribution in [3.8, 4) is 0 Å². The molecule has 90 valence electrons. The molecule has 1 rings (SSSR count). The lowest BCUT2D eigenvalue weighted by Crippen LogP contribution is -2.30. The Labute approximate surface area is 106 Å². The maximum atomic E-state index is 9.11. The summed E-state index contributed by atoms with van der Waals surface area (Å²) in [6.45, 7) is 4.50. The van der Waals surface area contributed by atoms with Crippen LogP contribution in [0.15, 0.2) is 22.7 Å². The van der Waals surface area contributed by atoms with Crippen LogP contribution >= 0.6 is 15.9 Å². The van der Waals surface area contributed by atoms with Crippen LogP contribution in [0.5, 0.6) is 0 Å². The largest absolute Gasteiger partial charge is 0.392 e. The molecule has 0 amide bonds. The van der Waals surface area contributed by atoms with Gasteiger partial charge in [-0.25, -0.2) is 0 Å². The number of hydrogen-bond donors (Lipinski definition) is 1. The molecule has 1 aromatic carbocycles. The number of halogens is 1. The summed E-state index contributed by atoms with van der Waals surface area (Å²) in [6, 6.07) is 6.68. The smallest absolute Gasteiger partial charge is 0.0692 e. The fourth-order valence-electron chi connectivity index (χ4n) is 1.93. The summed E-state index contributed by atoms with van der Waals surface area (Å²) in [5, 5.41) is 9.11. The van der Waals surface area contributed by atoms with Gasteiger partial charge in [-0.3, -0.25) is 0 Å². The molecule has 0 unspecified atom stereocenters. The van der Waals surface area contributed by atoms with Crippen molar-refractivity contribution in [1.82, 2.24) is 0 Å². The third kappa shape index (κ3) is 2.98. The molecule has 0 fully saturated rings. The third-order valence-electron chi connectivity index (χ3n) is 3.10. The Bertz CT molecular complexity index is 337. The van der Waals surface area contributed by atoms with Crippen molar-refractivity contribution in [2.24, 2.45) is 0 Å². The molecular formula is C13H20BrNO. The molecule has 0 heterocycles. The summed E-state index contributed by atoms with van der Waals surface area (Å²) < 4.78 is 0.977. The van der Waals surface area contributed by atoms with E-state index >= 15 is 0 Å². The molecule has 1 aromatic rings. The highest BCUT2D eigenvalue weighted by atomic mass is 79.9. The van der Waals surface area contributed by atoms with Gasteiger partial charge in [0.25, 0.3) is 0 Å². The van der Waals surface area contributed by atoms with Gasteiger partial charge in [0.1, 0.15) is 0 Å². The Morgan fingerprint density at radius 2 is 1.94 bits per heavy atom. The Morgan fingerprint density at radius 3 is 2.38 bits per heavy atom. The van der Waals surface area contributed by atoms with Crippen molar-refractivity contribution >= 4 is 21.6 Å². The predicted molar refractivity (Wildman–Crippen MR) is 72.8 cm³/mol. The topological polar surface area (TPSA) is 23.5 Å². The van der Waals surface area contributed by atoms with Crippen LogP contribution in [0.25, 0.3) is 0 Å². The van der Waals surface area contributed by atoms with Gasteiger partial charge in [0.15, 0.2) is 0 Å². The predicted octanol–water partition coefficient (Wildman–Crippen LogP) is 3.57. The first kappa shape index (κ1) is 13.5. The summed E-state index contributed by atoms with van der Waals surface area (Å²) in [4.78, 5) is 2.30. The van der Waals surface area contributed by atoms with Crippen molar-refractivity contribution < 1.29 is 5.11 Å². The van der Waals surface area contributed by atoms with E-state index in [-0.39, 0.29) is 6.61 Å². The quantitative estimate of drug-likeness (QED) is 0.894. The SMILES string of the molecule is CCC(CC)N(C)c1ccc(CO)c(Br)c1. The number of benzene rings is 1. The van der Waals surface area contributed by atoms with Gasteiger partial charge >= 0.3 is 0 Å². The minimum absolute atomic E-state index is 0.0789. The van der Waals surface area contributed by atoms with E-state index in [0.29, 0.717) is 6.04 Å². The summed E-state index contributed by atoms with van der Waals surface area (Å²) in [5.41, 5.74) is 2.12. The number of nitrogens with zero attached hydrogens (tertiary/aromatic N) is 1. The van der Waals surface area contributed by atoms with Crippen LogP contribution in [0, 0.1) is 0 Å². The molecule has 0 saturated heterocycles. The standard InChI is InChI=1S/C13H20BrNO/c1-4-11(5-2)15(3)12-7-6-10(9-16)13(14)8-12/h6-8,11,16H,4-5,9H2,1-3H3. The van der Waals surface area contributed by atoms with E-state index in [1.807, 2.05) is 6.07 Å². The monoisotopic (exact) mass is 285 g/mol. The third-order valence-corrected chi connectivity index (χ3v) is 3.84. The molecule has 0 saturated carbocycles. The second-order valence-corrected chi connectivity index (χ2v) is 4.87. The van der Waals surface area contributed by atoms with Gasteiger partial charge in [0.05, 0.1) is 6.61 Å². The molecule has 0 spiro atoms. The van der Waals surface area contributed by atoms with Crippen LogP contribution in [-0.4, -0.2) is 18.2 Å². The molecule has 0 atom stereocenters. The number of aliphatic hydroxyl groups excluding tert-OH is 1. The molecule has 0 radical (unpaired) electrons. The maximum absolute atomic E-state index is 9.11. The van der Waals surface area contributed by atoms with Crippen molar-refractivity contribution in [2.45, 2.75) is 39.3 Å². The van der Waals surface area contributed by atoms with Crippen LogP contribution in [0.4, 0.5) is 5.69 Å². The first-order valence-corrected chi connectivity index (χ1v) is 6.55. The van der Waals surface area contributed by atoms with Crippen molar-refractivity contribution in [3.05, 3.63) is 28.2 Å². The fourth-order valence-corrected chi connectivity index (χ4v) is 2.42. The molecule has 3 heteroatoms. The van der Waals surface area contributed by atoms with Gasteiger partial charge in [-0.05, 0) is 30.5 Å². The molecular weight excluding hydrogens is 266 g/mol. The fraction of sp³-hybridized carbons (Fsp3) is 0.538. The van der Waals surface area contributed by atoms with E-state index in [1.165, 1.54) is 5.69 Å². The molecule has 0 aliphatic carbocycles. The second-order valence-electron chi connectivity index (χ2n) is 4.02. The minimum atomic E-state index is 0.0789. The number of aliphatic hydroxyl groups is 1. The average molecular weight is 286 g/mol. The van der Waals surface area contributed by atoms with Gasteiger partial charge in [-0.2, -0.15) is 0 Å². The lowest BCUT2D eigenvalue weighted by Gasteiger charge is -2.28. The highest BCUT2D eigenvalue weighted by Gasteiger charge is 2.12. The highest BCUT2D eigenvalue weighted by molar-refractivity contribution is 9.10. The Balaban J connectivity index is 2.91. The lowest BCUT2D eigenvalue weighted by atomic mass is 10.1. The Kier molecular flexibility index (Phi) is 5.29. The van der Waals surface area contributed by atoms with Crippen molar-refractivity contribution in [2.75, 3.05) is 11.9 Å². The average Bonchev–Trinajstić information content (AvgIpc) is 2.30. The molecule has 1 N–H and O–H groups in total. The number of rotatable bonds is 5. The molecule has 0 bridgehead atoms. The van der Waals surface area contributed by atoms with Crippen LogP contribution in [0.2, 0.25) is 0 Å². The Hall–Kier alpha value is -0.540. The van der Waals surface area contributed by atoms with E-state index < -0.39 is 0 Å². The summed E-state index contributed by atoms with van der Waals surface area (Å²) in [6.07, 6.45) is 2.29. The van der Waals surface area contributed by atoms with Gasteiger partial charge in [0.2, 0.25) is 0 Å². The van der Waals surface area contributed by atoms with E-state index in [0.717, 1.165) is 22.9 Å². The van der Waals surface area contributed by atoms with Crippen LogP contribution in [0.1, 0.15) is 32.3 Å². The number of hydrogen-bond acceptors (Lipinski definition) is 2. The van der Waals surface area contributed by atoms with E-state index in [1.54, 1.807) is 0 Å². The van der Waals surface area contributed by atoms with Crippen molar-refractivity contribution in [3.63, 3.8) is 0 Å². The first-order chi connectivity index (χ1) is 7.63. The Morgan fingerprint density at radius 1 is 1.31 bits per heavy atom. The first-order valence-electron chi connectivity index (χ1n) is 5.76. The van der Waals surface area contributed by atoms with Gasteiger partial charge < -0.3 is 10.0 Å². The van der Waals surface area contributed by atoms with Crippen LogP contribution in [-0.2, 0) is 6.61 Å². The zero-order valence-corrected chi connectivity index (χ0v) is 11.8. The minimum Gasteiger partial charge on any atom is -0.392 e. The second kappa shape index (κ2) is 6.26. The van der Waals surface area contributed by atoms with E-state index in [2.05, 4.69) is 53.9 Å². The lowest BCUT2D eigenvalue weighted by molar-refractivity contribution is 0.281. The summed E-state index contributed by atoms with van der Waals surface area (Å²) in [7, 11) is 2.12. The zero-order valence-electron chi connectivity index (χ0n) is 10.2. The van der Waals surface area contributed by atoms with Crippen molar-refractivity contribution in [1.29, 1.82) is 0 Å². The molecule has 0 aliphatic rings. The highest BCUT2D eigenvalue weighted by Crippen LogP contribution is 2.25. The van der Waals surface area contributed by atoms with E-state index in [4.69, 9.17) is 5.11 Å². The molecule has 16 heavy (non-hydrogen) atoms. The van der Waals surface area contributed by atoms with Gasteiger partial charge in [0, 0.05) is 23.2 Å². The maximum Gasteiger partial charge on any atom is 0.0692 e. The van der Waals surface area contributed by atoms with Gasteiger partial charge in [-0.15, -0.1) is 0 Å². The molecule has 2 nitrogen and oxygen atoms in total. The van der Waals surface area contributed by atoms with Crippen LogP contribution in [0.3, 0.4) is 0 Å². The van der Waals surface area contributed by atoms with E-state index in [9.17, 15) is 0 Å². The molecule has 0 aromatic heterocycles.